The van der Waals surface area contributed by atoms with E-state index in [2.05, 4.69) is 4.98 Å². The number of halogens is 2. The first-order chi connectivity index (χ1) is 7.99. The van der Waals surface area contributed by atoms with Crippen LogP contribution in [-0.2, 0) is 4.79 Å². The maximum atomic E-state index is 13.7. The van der Waals surface area contributed by atoms with Crippen LogP contribution >= 0.6 is 11.6 Å². The number of carbonyl (C=O) groups excluding carboxylic acids is 1. The van der Waals surface area contributed by atoms with Gasteiger partial charge in [0, 0.05) is 19.7 Å². The Morgan fingerprint density at radius 3 is 2.94 bits per heavy atom. The summed E-state index contributed by atoms with van der Waals surface area (Å²) < 4.78 is 13.7. The van der Waals surface area contributed by atoms with Crippen molar-refractivity contribution in [2.24, 2.45) is 0 Å². The molecule has 0 aromatic carbocycles. The maximum absolute atomic E-state index is 13.7. The molecule has 1 amide bonds. The number of rotatable bonds is 4. The lowest BCUT2D eigenvalue weighted by Crippen LogP contribution is -2.31. The van der Waals surface area contributed by atoms with E-state index in [9.17, 15) is 14.0 Å². The van der Waals surface area contributed by atoms with E-state index in [-0.39, 0.29) is 17.1 Å². The predicted molar refractivity (Wildman–Crippen MR) is 58.4 cm³/mol. The molecule has 1 N–H and O–H groups in total. The number of amides is 1. The second kappa shape index (κ2) is 5.58. The molecule has 0 aliphatic carbocycles. The highest BCUT2D eigenvalue weighted by Gasteiger charge is 2.25. The van der Waals surface area contributed by atoms with Crippen LogP contribution in [0.15, 0.2) is 12.3 Å². The van der Waals surface area contributed by atoms with E-state index in [1.807, 2.05) is 0 Å². The van der Waals surface area contributed by atoms with Crippen LogP contribution in [0.1, 0.15) is 18.2 Å². The Bertz CT molecular complexity index is 442. The molecule has 0 spiro atoms. The van der Waals surface area contributed by atoms with Crippen molar-refractivity contribution in [2.45, 2.75) is 12.5 Å². The molecule has 0 radical (unpaired) electrons. The maximum Gasteiger partial charge on any atom is 0.407 e. The van der Waals surface area contributed by atoms with Gasteiger partial charge in [-0.15, -0.1) is 0 Å². The summed E-state index contributed by atoms with van der Waals surface area (Å²) in [5, 5.41) is 8.67. The van der Waals surface area contributed by atoms with Gasteiger partial charge in [0.25, 0.3) is 0 Å². The zero-order chi connectivity index (χ0) is 13.0. The van der Waals surface area contributed by atoms with Gasteiger partial charge in [0.15, 0.2) is 5.82 Å². The molecule has 0 aliphatic heterocycles. The number of nitrogens with zero attached hydrogens (tertiary/aromatic N) is 2. The van der Waals surface area contributed by atoms with E-state index in [0.29, 0.717) is 6.29 Å². The molecule has 0 bridgehead atoms. The molecule has 1 rings (SSSR count). The van der Waals surface area contributed by atoms with E-state index in [0.717, 1.165) is 4.90 Å². The third-order valence-corrected chi connectivity index (χ3v) is 2.57. The number of carbonyl (C=O) groups is 2. The van der Waals surface area contributed by atoms with Crippen molar-refractivity contribution in [3.05, 3.63) is 28.8 Å². The van der Waals surface area contributed by atoms with Crippen molar-refractivity contribution >= 4 is 24.0 Å². The largest absolute Gasteiger partial charge is 0.465 e. The predicted octanol–water partition coefficient (Wildman–Crippen LogP) is 2.11. The molecule has 1 aromatic heterocycles. The third-order valence-electron chi connectivity index (χ3n) is 2.27. The summed E-state index contributed by atoms with van der Waals surface area (Å²) in [7, 11) is 1.23. The highest BCUT2D eigenvalue weighted by molar-refractivity contribution is 6.30. The Kier molecular flexibility index (Phi) is 4.39. The van der Waals surface area contributed by atoms with Gasteiger partial charge in [0.2, 0.25) is 0 Å². The van der Waals surface area contributed by atoms with Crippen LogP contribution in [0.4, 0.5) is 9.18 Å². The van der Waals surface area contributed by atoms with Gasteiger partial charge in [-0.25, -0.2) is 9.18 Å². The van der Waals surface area contributed by atoms with Crippen LogP contribution in [0.2, 0.25) is 5.02 Å². The fourth-order valence-corrected chi connectivity index (χ4v) is 1.50. The molecule has 0 fully saturated rings. The van der Waals surface area contributed by atoms with Crippen molar-refractivity contribution in [3.63, 3.8) is 0 Å². The molecular formula is C10H10ClFN2O3. The van der Waals surface area contributed by atoms with Crippen molar-refractivity contribution in [3.8, 4) is 0 Å². The Balaban J connectivity index is 3.18. The minimum atomic E-state index is -1.28. The van der Waals surface area contributed by atoms with Crippen molar-refractivity contribution in [2.75, 3.05) is 7.05 Å². The van der Waals surface area contributed by atoms with E-state index in [4.69, 9.17) is 16.7 Å². The molecule has 1 unspecified atom stereocenters. The number of carboxylic acid groups (broad SMARTS) is 1. The summed E-state index contributed by atoms with van der Waals surface area (Å²) in [6, 6.07) is 0.266. The SMILES string of the molecule is CN(C(=O)O)C(CC=O)c1nccc(Cl)c1F. The smallest absolute Gasteiger partial charge is 0.407 e. The molecule has 1 atom stereocenters. The van der Waals surface area contributed by atoms with Crippen molar-refractivity contribution in [1.29, 1.82) is 0 Å². The molecule has 1 aromatic rings. The van der Waals surface area contributed by atoms with E-state index >= 15 is 0 Å². The number of aromatic nitrogens is 1. The average molecular weight is 261 g/mol. The second-order valence-electron chi connectivity index (χ2n) is 3.30. The molecule has 17 heavy (non-hydrogen) atoms. The molecule has 1 heterocycles. The Morgan fingerprint density at radius 1 is 1.76 bits per heavy atom. The fraction of sp³-hybridized carbons (Fsp3) is 0.300. The van der Waals surface area contributed by atoms with E-state index < -0.39 is 18.0 Å². The number of hydrogen-bond acceptors (Lipinski definition) is 3. The van der Waals surface area contributed by atoms with Crippen LogP contribution in [0, 0.1) is 5.82 Å². The first-order valence-electron chi connectivity index (χ1n) is 4.68. The lowest BCUT2D eigenvalue weighted by molar-refractivity contribution is -0.108. The standard InChI is InChI=1S/C10H10ClFN2O3/c1-14(10(16)17)7(3-5-15)9-8(12)6(11)2-4-13-9/h2,4-5,7H,3H2,1H3,(H,16,17). The third kappa shape index (κ3) is 2.91. The summed E-state index contributed by atoms with van der Waals surface area (Å²) >= 11 is 5.57. The first-order valence-corrected chi connectivity index (χ1v) is 5.06. The molecule has 5 nitrogen and oxygen atoms in total. The van der Waals surface area contributed by atoms with E-state index in [1.54, 1.807) is 0 Å². The minimum absolute atomic E-state index is 0.158. The lowest BCUT2D eigenvalue weighted by atomic mass is 10.1. The highest BCUT2D eigenvalue weighted by Crippen LogP contribution is 2.26. The topological polar surface area (TPSA) is 70.5 Å². The molecule has 92 valence electrons. The molecule has 0 saturated heterocycles. The summed E-state index contributed by atoms with van der Waals surface area (Å²) in [4.78, 5) is 25.9. The first kappa shape index (κ1) is 13.4. The van der Waals surface area contributed by atoms with Crippen LogP contribution in [0.25, 0.3) is 0 Å². The van der Waals surface area contributed by atoms with Gasteiger partial charge in [-0.1, -0.05) is 11.6 Å². The number of aldehydes is 1. The average Bonchev–Trinajstić information content (AvgIpc) is 2.29. The Labute approximate surface area is 102 Å². The van der Waals surface area contributed by atoms with Gasteiger partial charge in [0.05, 0.1) is 11.1 Å². The normalized spacial score (nSPS) is 11.9. The second-order valence-corrected chi connectivity index (χ2v) is 3.71. The number of hydrogen-bond donors (Lipinski definition) is 1. The molecular weight excluding hydrogens is 251 g/mol. The number of pyridine rings is 1. The summed E-state index contributed by atoms with van der Waals surface area (Å²) in [5.74, 6) is -0.811. The van der Waals surface area contributed by atoms with Crippen LogP contribution in [0.5, 0.6) is 0 Å². The van der Waals surface area contributed by atoms with Gasteiger partial charge < -0.3 is 14.8 Å². The van der Waals surface area contributed by atoms with Gasteiger partial charge in [-0.05, 0) is 6.07 Å². The van der Waals surface area contributed by atoms with Crippen LogP contribution in [-0.4, -0.2) is 34.4 Å². The molecule has 0 aliphatic rings. The zero-order valence-electron chi connectivity index (χ0n) is 8.93. The van der Waals surface area contributed by atoms with Gasteiger partial charge in [0.1, 0.15) is 12.0 Å². The van der Waals surface area contributed by atoms with Gasteiger partial charge >= 0.3 is 6.09 Å². The monoisotopic (exact) mass is 260 g/mol. The van der Waals surface area contributed by atoms with E-state index in [1.165, 1.54) is 19.3 Å². The zero-order valence-corrected chi connectivity index (χ0v) is 9.69. The summed E-state index contributed by atoms with van der Waals surface area (Å²) in [6.45, 7) is 0. The molecule has 0 saturated carbocycles. The fourth-order valence-electron chi connectivity index (χ4n) is 1.35. The Hall–Kier alpha value is -1.69. The summed E-state index contributed by atoms with van der Waals surface area (Å²) in [5.41, 5.74) is -0.158. The lowest BCUT2D eigenvalue weighted by Gasteiger charge is -2.23. The van der Waals surface area contributed by atoms with Gasteiger partial charge in [-0.2, -0.15) is 0 Å². The van der Waals surface area contributed by atoms with Crippen LogP contribution < -0.4 is 0 Å². The van der Waals surface area contributed by atoms with Crippen LogP contribution in [0.3, 0.4) is 0 Å². The van der Waals surface area contributed by atoms with Gasteiger partial charge in [-0.3, -0.25) is 4.98 Å². The molecule has 7 heteroatoms. The Morgan fingerprint density at radius 2 is 2.41 bits per heavy atom. The highest BCUT2D eigenvalue weighted by atomic mass is 35.5. The quantitative estimate of drug-likeness (QED) is 0.842. The summed E-state index contributed by atoms with van der Waals surface area (Å²) in [6.07, 6.45) is 0.297. The van der Waals surface area contributed by atoms with Crippen molar-refractivity contribution in [1.82, 2.24) is 9.88 Å². The minimum Gasteiger partial charge on any atom is -0.465 e. The van der Waals surface area contributed by atoms with Crippen molar-refractivity contribution < 1.29 is 19.1 Å².